The van der Waals surface area contributed by atoms with Crippen LogP contribution >= 0.6 is 0 Å². The molecule has 4 rings (SSSR count). The Kier molecular flexibility index (Phi) is 4.97. The highest BCUT2D eigenvalue weighted by atomic mass is 16.5. The van der Waals surface area contributed by atoms with E-state index >= 15 is 0 Å². The Labute approximate surface area is 158 Å². The van der Waals surface area contributed by atoms with E-state index in [1.165, 1.54) is 5.56 Å². The number of nitrogens with zero attached hydrogens (tertiary/aromatic N) is 3. The highest BCUT2D eigenvalue weighted by Crippen LogP contribution is 2.28. The monoisotopic (exact) mass is 367 g/mol. The Hall–Kier alpha value is -2.63. The number of likely N-dealkylation sites (tertiary alicyclic amines) is 1. The molecule has 1 aromatic heterocycles. The van der Waals surface area contributed by atoms with Crippen molar-refractivity contribution in [2.75, 3.05) is 13.1 Å². The number of hydrogen-bond acceptors (Lipinski definition) is 4. The summed E-state index contributed by atoms with van der Waals surface area (Å²) in [6.07, 6.45) is 6.25. The number of aromatic nitrogens is 2. The van der Waals surface area contributed by atoms with Gasteiger partial charge in [0.1, 0.15) is 5.75 Å². The molecule has 0 radical (unpaired) electrons. The van der Waals surface area contributed by atoms with E-state index in [0.717, 1.165) is 44.5 Å². The number of carbonyl (C=O) groups excluding carboxylic acids is 1. The first kappa shape index (κ1) is 17.8. The molecule has 1 amide bonds. The third kappa shape index (κ3) is 3.75. The molecule has 0 saturated carbocycles. The first-order chi connectivity index (χ1) is 13.1. The molecule has 2 aliphatic rings. The van der Waals surface area contributed by atoms with Gasteiger partial charge in [-0.15, -0.1) is 0 Å². The average Bonchev–Trinajstić information content (AvgIpc) is 2.71. The fourth-order valence-corrected chi connectivity index (χ4v) is 4.01. The van der Waals surface area contributed by atoms with Crippen LogP contribution in [-0.4, -0.2) is 39.6 Å². The summed E-state index contributed by atoms with van der Waals surface area (Å²) >= 11 is 0. The van der Waals surface area contributed by atoms with Gasteiger partial charge in [0.25, 0.3) is 11.5 Å². The van der Waals surface area contributed by atoms with E-state index < -0.39 is 0 Å². The number of benzene rings is 1. The lowest BCUT2D eigenvalue weighted by Gasteiger charge is -2.35. The van der Waals surface area contributed by atoms with Crippen molar-refractivity contribution in [3.63, 3.8) is 0 Å². The summed E-state index contributed by atoms with van der Waals surface area (Å²) in [7, 11) is 0. The molecule has 3 heterocycles. The smallest absolute Gasteiger partial charge is 0.263 e. The van der Waals surface area contributed by atoms with Crippen LogP contribution in [0.1, 0.15) is 30.4 Å². The molecule has 6 heteroatoms. The van der Waals surface area contributed by atoms with E-state index in [9.17, 15) is 9.59 Å². The molecule has 27 heavy (non-hydrogen) atoms. The Morgan fingerprint density at radius 2 is 2.00 bits per heavy atom. The Balaban J connectivity index is 1.33. The fraction of sp³-hybridized carbons (Fsp3) is 0.476. The number of rotatable bonds is 3. The van der Waals surface area contributed by atoms with Gasteiger partial charge in [0.05, 0.1) is 6.33 Å². The van der Waals surface area contributed by atoms with E-state index in [0.29, 0.717) is 18.0 Å². The van der Waals surface area contributed by atoms with Gasteiger partial charge in [-0.25, -0.2) is 4.98 Å². The summed E-state index contributed by atoms with van der Waals surface area (Å²) in [5.74, 6) is 1.32. The van der Waals surface area contributed by atoms with Crippen LogP contribution in [-0.2, 0) is 17.8 Å². The van der Waals surface area contributed by atoms with Crippen LogP contribution in [0.15, 0.2) is 41.6 Å². The van der Waals surface area contributed by atoms with E-state index in [-0.39, 0.29) is 17.6 Å². The van der Waals surface area contributed by atoms with Crippen LogP contribution in [0, 0.1) is 12.8 Å². The van der Waals surface area contributed by atoms with Crippen LogP contribution in [0.2, 0.25) is 0 Å². The minimum absolute atomic E-state index is 0.0257. The largest absolute Gasteiger partial charge is 0.480 e. The summed E-state index contributed by atoms with van der Waals surface area (Å²) in [5.41, 5.74) is 1.87. The zero-order chi connectivity index (χ0) is 18.8. The minimum Gasteiger partial charge on any atom is -0.480 e. The molecule has 6 nitrogen and oxygen atoms in total. The van der Waals surface area contributed by atoms with Crippen molar-refractivity contribution in [2.45, 2.75) is 45.3 Å². The van der Waals surface area contributed by atoms with Gasteiger partial charge in [0, 0.05) is 31.4 Å². The lowest BCUT2D eigenvalue weighted by Crippen LogP contribution is -2.47. The first-order valence-corrected chi connectivity index (χ1v) is 9.66. The highest BCUT2D eigenvalue weighted by molar-refractivity contribution is 5.81. The topological polar surface area (TPSA) is 64.4 Å². The predicted molar refractivity (Wildman–Crippen MR) is 102 cm³/mol. The fourth-order valence-electron chi connectivity index (χ4n) is 4.01. The molecule has 0 aliphatic carbocycles. The van der Waals surface area contributed by atoms with Gasteiger partial charge in [-0.2, -0.15) is 0 Å². The van der Waals surface area contributed by atoms with E-state index in [1.807, 2.05) is 23.1 Å². The van der Waals surface area contributed by atoms with Crippen molar-refractivity contribution in [3.05, 3.63) is 58.3 Å². The molecule has 0 spiro atoms. The maximum atomic E-state index is 12.9. The molecule has 2 aromatic rings. The quantitative estimate of drug-likeness (QED) is 0.834. The molecule has 142 valence electrons. The van der Waals surface area contributed by atoms with Gasteiger partial charge in [-0.05, 0) is 50.2 Å². The molecule has 1 saturated heterocycles. The van der Waals surface area contributed by atoms with Gasteiger partial charge < -0.3 is 9.64 Å². The zero-order valence-corrected chi connectivity index (χ0v) is 15.6. The molecule has 1 atom stereocenters. The van der Waals surface area contributed by atoms with E-state index in [2.05, 4.69) is 11.1 Å². The number of aryl methyl sites for hydroxylation is 2. The van der Waals surface area contributed by atoms with Crippen LogP contribution in [0.4, 0.5) is 0 Å². The molecule has 0 bridgehead atoms. The molecule has 0 N–H and O–H groups in total. The van der Waals surface area contributed by atoms with Crippen molar-refractivity contribution in [2.24, 2.45) is 5.92 Å². The highest BCUT2D eigenvalue weighted by Gasteiger charge is 2.32. The number of amides is 1. The van der Waals surface area contributed by atoms with Gasteiger partial charge >= 0.3 is 0 Å². The third-order valence-corrected chi connectivity index (χ3v) is 5.65. The van der Waals surface area contributed by atoms with Crippen molar-refractivity contribution >= 4 is 5.91 Å². The number of ether oxygens (including phenoxy) is 1. The van der Waals surface area contributed by atoms with Crippen LogP contribution in [0.5, 0.6) is 5.75 Å². The number of para-hydroxylation sites is 1. The molecule has 1 aromatic carbocycles. The summed E-state index contributed by atoms with van der Waals surface area (Å²) < 4.78 is 7.65. The maximum absolute atomic E-state index is 12.9. The van der Waals surface area contributed by atoms with Crippen molar-refractivity contribution < 1.29 is 9.53 Å². The SMILES string of the molecule is Cc1cncn(CC2CCN(C(=O)C3CCc4ccccc4O3)CC2)c1=O. The third-order valence-electron chi connectivity index (χ3n) is 5.65. The van der Waals surface area contributed by atoms with Gasteiger partial charge in [0.15, 0.2) is 6.10 Å². The molecule has 1 fully saturated rings. The number of carbonyl (C=O) groups is 1. The second kappa shape index (κ2) is 7.55. The van der Waals surface area contributed by atoms with Crippen molar-refractivity contribution in [1.29, 1.82) is 0 Å². The molecular weight excluding hydrogens is 342 g/mol. The van der Waals surface area contributed by atoms with Crippen LogP contribution in [0.25, 0.3) is 0 Å². The average molecular weight is 367 g/mol. The second-order valence-electron chi connectivity index (χ2n) is 7.56. The summed E-state index contributed by atoms with van der Waals surface area (Å²) in [6.45, 7) is 3.90. The Morgan fingerprint density at radius 3 is 2.81 bits per heavy atom. The zero-order valence-electron chi connectivity index (χ0n) is 15.6. The summed E-state index contributed by atoms with van der Waals surface area (Å²) in [5, 5.41) is 0. The van der Waals surface area contributed by atoms with Gasteiger partial charge in [-0.3, -0.25) is 14.2 Å². The number of fused-ring (bicyclic) bond motifs is 1. The number of hydrogen-bond donors (Lipinski definition) is 0. The Bertz CT molecular complexity index is 884. The van der Waals surface area contributed by atoms with E-state index in [1.54, 1.807) is 24.0 Å². The van der Waals surface area contributed by atoms with Crippen LogP contribution < -0.4 is 10.3 Å². The lowest BCUT2D eigenvalue weighted by atomic mass is 9.95. The van der Waals surface area contributed by atoms with Crippen molar-refractivity contribution in [3.8, 4) is 5.75 Å². The second-order valence-corrected chi connectivity index (χ2v) is 7.56. The lowest BCUT2D eigenvalue weighted by molar-refractivity contribution is -0.141. The minimum atomic E-state index is -0.375. The van der Waals surface area contributed by atoms with Crippen LogP contribution in [0.3, 0.4) is 0 Å². The molecule has 2 aliphatic heterocycles. The van der Waals surface area contributed by atoms with Crippen molar-refractivity contribution in [1.82, 2.24) is 14.5 Å². The maximum Gasteiger partial charge on any atom is 0.263 e. The molecular formula is C21H25N3O3. The Morgan fingerprint density at radius 1 is 1.22 bits per heavy atom. The number of piperidine rings is 1. The first-order valence-electron chi connectivity index (χ1n) is 9.66. The van der Waals surface area contributed by atoms with Gasteiger partial charge in [-0.1, -0.05) is 18.2 Å². The normalized spacial score (nSPS) is 20.0. The molecule has 1 unspecified atom stereocenters. The predicted octanol–water partition coefficient (Wildman–Crippen LogP) is 2.18. The van der Waals surface area contributed by atoms with Gasteiger partial charge in [0.2, 0.25) is 0 Å². The van der Waals surface area contributed by atoms with E-state index in [4.69, 9.17) is 4.74 Å². The summed E-state index contributed by atoms with van der Waals surface area (Å²) in [4.78, 5) is 31.1. The summed E-state index contributed by atoms with van der Waals surface area (Å²) in [6, 6.07) is 7.95. The standard InChI is InChI=1S/C21H25N3O3/c1-15-12-22-14-24(20(15)25)13-16-8-10-23(11-9-16)21(26)19-7-6-17-4-2-3-5-18(17)27-19/h2-5,12,14,16,19H,6-11,13H2,1H3.